The van der Waals surface area contributed by atoms with E-state index in [1.54, 1.807) is 20.8 Å². The van der Waals surface area contributed by atoms with Gasteiger partial charge in [0.25, 0.3) is 0 Å². The van der Waals surface area contributed by atoms with Gasteiger partial charge in [0, 0.05) is 11.3 Å². The Kier molecular flexibility index (Phi) is 6.94. The highest BCUT2D eigenvalue weighted by molar-refractivity contribution is 5.91. The molecule has 23 heavy (non-hydrogen) atoms. The lowest BCUT2D eigenvalue weighted by molar-refractivity contribution is -0.151. The van der Waals surface area contributed by atoms with Gasteiger partial charge in [-0.25, -0.2) is 0 Å². The maximum absolute atomic E-state index is 12.4. The Hall–Kier alpha value is -2.17. The van der Waals surface area contributed by atoms with Crippen molar-refractivity contribution in [3.8, 4) is 0 Å². The summed E-state index contributed by atoms with van der Waals surface area (Å²) < 4.78 is 9.80. The van der Waals surface area contributed by atoms with Gasteiger partial charge in [-0.1, -0.05) is 51.1 Å². The Labute approximate surface area is 137 Å². The van der Waals surface area contributed by atoms with Crippen molar-refractivity contribution < 1.29 is 23.9 Å². The molecule has 0 radical (unpaired) electrons. The van der Waals surface area contributed by atoms with Crippen LogP contribution in [-0.2, 0) is 30.5 Å². The van der Waals surface area contributed by atoms with Gasteiger partial charge in [-0.3, -0.25) is 14.4 Å². The first-order valence-electron chi connectivity index (χ1n) is 7.54. The van der Waals surface area contributed by atoms with Crippen LogP contribution in [0.5, 0.6) is 0 Å². The summed E-state index contributed by atoms with van der Waals surface area (Å²) >= 11 is 0. The number of benzene rings is 1. The average molecular weight is 320 g/mol. The molecule has 5 nitrogen and oxygen atoms in total. The Morgan fingerprint density at radius 3 is 2.09 bits per heavy atom. The predicted octanol–water partition coefficient (Wildman–Crippen LogP) is 2.91. The molecule has 1 aromatic rings. The van der Waals surface area contributed by atoms with E-state index in [1.807, 2.05) is 30.3 Å². The van der Waals surface area contributed by atoms with Crippen LogP contribution in [0.3, 0.4) is 0 Å². The lowest BCUT2D eigenvalue weighted by atomic mass is 9.80. The summed E-state index contributed by atoms with van der Waals surface area (Å²) in [6.45, 7) is 5.42. The molecule has 0 N–H and O–H groups in total. The largest absolute Gasteiger partial charge is 0.469 e. The average Bonchev–Trinajstić information content (AvgIpc) is 2.51. The highest BCUT2D eigenvalue weighted by Gasteiger charge is 2.33. The van der Waals surface area contributed by atoms with Crippen LogP contribution in [0.2, 0.25) is 0 Å². The minimum Gasteiger partial charge on any atom is -0.469 e. The van der Waals surface area contributed by atoms with Crippen molar-refractivity contribution in [1.82, 2.24) is 0 Å². The van der Waals surface area contributed by atoms with Gasteiger partial charge in [0.15, 0.2) is 0 Å². The van der Waals surface area contributed by atoms with Crippen molar-refractivity contribution in [2.24, 2.45) is 11.3 Å². The van der Waals surface area contributed by atoms with E-state index in [0.29, 0.717) is 0 Å². The fourth-order valence-corrected chi connectivity index (χ4v) is 2.15. The maximum atomic E-state index is 12.4. The van der Waals surface area contributed by atoms with Gasteiger partial charge in [-0.15, -0.1) is 0 Å². The number of hydrogen-bond donors (Lipinski definition) is 0. The van der Waals surface area contributed by atoms with Crippen molar-refractivity contribution in [3.05, 3.63) is 35.9 Å². The molecule has 1 rings (SSSR count). The monoisotopic (exact) mass is 320 g/mol. The molecule has 0 fully saturated rings. The molecule has 0 saturated carbocycles. The van der Waals surface area contributed by atoms with E-state index < -0.39 is 23.3 Å². The lowest BCUT2D eigenvalue weighted by Gasteiger charge is -2.23. The van der Waals surface area contributed by atoms with Crippen molar-refractivity contribution >= 4 is 17.7 Å². The summed E-state index contributed by atoms with van der Waals surface area (Å²) in [5.41, 5.74) is 0.228. The predicted molar refractivity (Wildman–Crippen MR) is 85.4 cm³/mol. The molecule has 0 unspecified atom stereocenters. The van der Waals surface area contributed by atoms with Crippen LogP contribution in [-0.4, -0.2) is 24.8 Å². The molecule has 0 aromatic heterocycles. The van der Waals surface area contributed by atoms with Crippen LogP contribution in [0.1, 0.15) is 39.2 Å². The van der Waals surface area contributed by atoms with Gasteiger partial charge in [0.2, 0.25) is 0 Å². The first-order valence-corrected chi connectivity index (χ1v) is 7.54. The molecule has 5 heteroatoms. The maximum Gasteiger partial charge on any atom is 0.306 e. The smallest absolute Gasteiger partial charge is 0.306 e. The highest BCUT2D eigenvalue weighted by Crippen LogP contribution is 2.25. The Morgan fingerprint density at radius 1 is 1.00 bits per heavy atom. The lowest BCUT2D eigenvalue weighted by Crippen LogP contribution is -2.32. The van der Waals surface area contributed by atoms with Crippen LogP contribution in [0.25, 0.3) is 0 Å². The van der Waals surface area contributed by atoms with Gasteiger partial charge in [0.05, 0.1) is 20.0 Å². The molecular formula is C18H24O5. The van der Waals surface area contributed by atoms with Crippen LogP contribution in [0, 0.1) is 11.3 Å². The van der Waals surface area contributed by atoms with Crippen molar-refractivity contribution in [3.63, 3.8) is 0 Å². The van der Waals surface area contributed by atoms with Gasteiger partial charge < -0.3 is 9.47 Å². The van der Waals surface area contributed by atoms with E-state index in [0.717, 1.165) is 5.56 Å². The molecule has 1 atom stereocenters. The minimum absolute atomic E-state index is 0.118. The third-order valence-electron chi connectivity index (χ3n) is 3.41. The quantitative estimate of drug-likeness (QED) is 0.723. The number of carbonyl (C=O) groups excluding carboxylic acids is 3. The Bertz CT molecular complexity index is 542. The summed E-state index contributed by atoms with van der Waals surface area (Å²) in [7, 11) is 1.26. The number of rotatable bonds is 7. The summed E-state index contributed by atoms with van der Waals surface area (Å²) in [5.74, 6) is -1.89. The second-order valence-corrected chi connectivity index (χ2v) is 6.44. The van der Waals surface area contributed by atoms with Gasteiger partial charge in [-0.05, 0) is 5.56 Å². The second kappa shape index (κ2) is 8.46. The molecular weight excluding hydrogens is 296 g/mol. The van der Waals surface area contributed by atoms with Crippen LogP contribution in [0.15, 0.2) is 30.3 Å². The number of ketones is 1. The Morgan fingerprint density at radius 2 is 1.57 bits per heavy atom. The fourth-order valence-electron chi connectivity index (χ4n) is 2.15. The van der Waals surface area contributed by atoms with Gasteiger partial charge in [-0.2, -0.15) is 0 Å². The Balaban J connectivity index is 2.66. The summed E-state index contributed by atoms with van der Waals surface area (Å²) in [4.78, 5) is 35.9. The van der Waals surface area contributed by atoms with Gasteiger partial charge in [0.1, 0.15) is 12.4 Å². The molecule has 1 aromatic carbocycles. The van der Waals surface area contributed by atoms with E-state index in [-0.39, 0.29) is 25.2 Å². The molecule has 0 spiro atoms. The molecule has 126 valence electrons. The molecule has 0 amide bonds. The molecule has 0 aliphatic rings. The molecule has 0 saturated heterocycles. The van der Waals surface area contributed by atoms with E-state index in [4.69, 9.17) is 4.74 Å². The third-order valence-corrected chi connectivity index (χ3v) is 3.41. The zero-order valence-corrected chi connectivity index (χ0v) is 14.1. The number of methoxy groups -OCH3 is 1. The molecule has 0 heterocycles. The topological polar surface area (TPSA) is 69.7 Å². The van der Waals surface area contributed by atoms with E-state index >= 15 is 0 Å². The number of carbonyl (C=O) groups is 3. The molecule has 0 aliphatic carbocycles. The fraction of sp³-hybridized carbons (Fsp3) is 0.500. The zero-order valence-electron chi connectivity index (χ0n) is 14.1. The number of ether oxygens (including phenoxy) is 2. The van der Waals surface area contributed by atoms with Crippen LogP contribution < -0.4 is 0 Å². The summed E-state index contributed by atoms with van der Waals surface area (Å²) in [6.07, 6.45) is -0.245. The van der Waals surface area contributed by atoms with E-state index in [2.05, 4.69) is 4.74 Å². The highest BCUT2D eigenvalue weighted by atomic mass is 16.5. The number of esters is 2. The second-order valence-electron chi connectivity index (χ2n) is 6.44. The van der Waals surface area contributed by atoms with Crippen molar-refractivity contribution in [2.45, 2.75) is 40.2 Å². The number of Topliss-reactive ketones (excluding diaryl/α,β-unsaturated/α-hetero) is 1. The normalized spacial score (nSPS) is 12.3. The molecule has 0 aliphatic heterocycles. The molecule has 0 bridgehead atoms. The van der Waals surface area contributed by atoms with Crippen LogP contribution in [0.4, 0.5) is 0 Å². The van der Waals surface area contributed by atoms with Crippen molar-refractivity contribution in [1.29, 1.82) is 0 Å². The van der Waals surface area contributed by atoms with E-state index in [1.165, 1.54) is 7.11 Å². The summed E-state index contributed by atoms with van der Waals surface area (Å²) in [6, 6.07) is 9.28. The third kappa shape index (κ3) is 6.63. The first kappa shape index (κ1) is 18.9. The first-order chi connectivity index (χ1) is 10.7. The van der Waals surface area contributed by atoms with Crippen LogP contribution >= 0.6 is 0 Å². The SMILES string of the molecule is COC(=O)C[C@@H](CC(=O)OCc1ccccc1)C(=O)C(C)(C)C. The number of hydrogen-bond acceptors (Lipinski definition) is 5. The van der Waals surface area contributed by atoms with E-state index in [9.17, 15) is 14.4 Å². The van der Waals surface area contributed by atoms with Crippen molar-refractivity contribution in [2.75, 3.05) is 7.11 Å². The summed E-state index contributed by atoms with van der Waals surface area (Å²) in [5, 5.41) is 0. The zero-order chi connectivity index (χ0) is 17.5. The standard InChI is InChI=1S/C18H24O5/c1-18(2,3)17(21)14(10-15(19)22-4)11-16(20)23-12-13-8-6-5-7-9-13/h5-9,14H,10-12H2,1-4H3/t14-/m0/s1. The minimum atomic E-state index is -0.731. The van der Waals surface area contributed by atoms with Gasteiger partial charge >= 0.3 is 11.9 Å².